The smallest absolute Gasteiger partial charge is 0.112 e. The lowest BCUT2D eigenvalue weighted by atomic mass is 9.95. The fraction of sp³-hybridized carbons (Fsp3) is 1.00. The molecule has 2 aliphatic rings. The molecule has 0 unspecified atom stereocenters. The first-order valence-corrected chi connectivity index (χ1v) is 9.21. The first kappa shape index (κ1) is 11.7. The Balaban J connectivity index is 1.97. The normalized spacial score (nSPS) is 25.6. The maximum atomic E-state index is 3.01. The predicted molar refractivity (Wildman–Crippen MR) is 69.8 cm³/mol. The Hall–Kier alpha value is 0.177. The molecule has 1 saturated carbocycles. The van der Waals surface area contributed by atoms with E-state index < -0.39 is 8.96 Å². The third kappa shape index (κ3) is 2.85. The van der Waals surface area contributed by atoms with Gasteiger partial charge in [-0.05, 0) is 31.0 Å². The number of nitrogens with zero attached hydrogens (tertiary/aromatic N) is 1. The van der Waals surface area contributed by atoms with E-state index in [1.54, 1.807) is 12.1 Å². The summed E-state index contributed by atoms with van der Waals surface area (Å²) in [5.41, 5.74) is 0. The lowest BCUT2D eigenvalue weighted by molar-refractivity contribution is 0.216. The molecular formula is C13H27NSi. The molecule has 2 rings (SSSR count). The second-order valence-electron chi connectivity index (χ2n) is 5.77. The van der Waals surface area contributed by atoms with E-state index in [1.165, 1.54) is 44.9 Å². The summed E-state index contributed by atoms with van der Waals surface area (Å²) in [7, 11) is -0.494. The van der Waals surface area contributed by atoms with Crippen LogP contribution in [0.3, 0.4) is 0 Å². The van der Waals surface area contributed by atoms with Crippen molar-refractivity contribution in [3.05, 3.63) is 0 Å². The first-order valence-electron chi connectivity index (χ1n) is 7.06. The van der Waals surface area contributed by atoms with Gasteiger partial charge >= 0.3 is 0 Å². The molecule has 1 nitrogen and oxygen atoms in total. The quantitative estimate of drug-likeness (QED) is 0.664. The summed E-state index contributed by atoms with van der Waals surface area (Å²) in [6, 6.07) is 5.01. The Bertz CT molecular complexity index is 181. The standard InChI is InChI=1S/C13H27NSi/c1-12(2)14(15-10-6-7-11-15)13-8-4-3-5-9-13/h12-13,15H,3-11H2,1-2H3. The minimum atomic E-state index is -0.494. The number of hydrogen-bond acceptors (Lipinski definition) is 1. The zero-order chi connectivity index (χ0) is 10.7. The van der Waals surface area contributed by atoms with Crippen molar-refractivity contribution in [3.63, 3.8) is 0 Å². The van der Waals surface area contributed by atoms with Gasteiger partial charge in [0.25, 0.3) is 0 Å². The van der Waals surface area contributed by atoms with Gasteiger partial charge in [0, 0.05) is 6.04 Å². The van der Waals surface area contributed by atoms with Crippen LogP contribution in [-0.4, -0.2) is 25.6 Å². The van der Waals surface area contributed by atoms with Gasteiger partial charge < -0.3 is 4.57 Å². The van der Waals surface area contributed by atoms with Gasteiger partial charge in [-0.2, -0.15) is 0 Å². The summed E-state index contributed by atoms with van der Waals surface area (Å²) in [5.74, 6) is 0. The molecule has 0 aromatic rings. The van der Waals surface area contributed by atoms with Crippen LogP contribution < -0.4 is 0 Å². The van der Waals surface area contributed by atoms with Crippen LogP contribution in [0.15, 0.2) is 0 Å². The molecule has 15 heavy (non-hydrogen) atoms. The molecule has 2 heteroatoms. The van der Waals surface area contributed by atoms with Crippen molar-refractivity contribution in [2.24, 2.45) is 0 Å². The van der Waals surface area contributed by atoms with E-state index in [9.17, 15) is 0 Å². The summed E-state index contributed by atoms with van der Waals surface area (Å²) in [4.78, 5) is 0. The molecule has 2 fully saturated rings. The topological polar surface area (TPSA) is 3.24 Å². The molecule has 1 aliphatic carbocycles. The minimum absolute atomic E-state index is 0.494. The van der Waals surface area contributed by atoms with Crippen molar-refractivity contribution < 1.29 is 0 Å². The van der Waals surface area contributed by atoms with E-state index in [1.807, 2.05) is 0 Å². The van der Waals surface area contributed by atoms with Crippen LogP contribution in [0.5, 0.6) is 0 Å². The van der Waals surface area contributed by atoms with Crippen molar-refractivity contribution in [1.29, 1.82) is 0 Å². The molecular weight excluding hydrogens is 198 g/mol. The van der Waals surface area contributed by atoms with Gasteiger partial charge in [0.2, 0.25) is 0 Å². The van der Waals surface area contributed by atoms with Crippen LogP contribution in [0.2, 0.25) is 12.1 Å². The predicted octanol–water partition coefficient (Wildman–Crippen LogP) is 3.55. The molecule has 0 N–H and O–H groups in total. The summed E-state index contributed by atoms with van der Waals surface area (Å²) in [6.07, 6.45) is 10.6. The molecule has 1 aliphatic heterocycles. The number of rotatable bonds is 3. The average molecular weight is 225 g/mol. The highest BCUT2D eigenvalue weighted by Crippen LogP contribution is 2.31. The highest BCUT2D eigenvalue weighted by Gasteiger charge is 2.32. The van der Waals surface area contributed by atoms with Gasteiger partial charge in [-0.25, -0.2) is 0 Å². The fourth-order valence-corrected chi connectivity index (χ4v) is 7.87. The Morgan fingerprint density at radius 3 is 2.07 bits per heavy atom. The van der Waals surface area contributed by atoms with Crippen LogP contribution in [0.4, 0.5) is 0 Å². The van der Waals surface area contributed by atoms with Crippen molar-refractivity contribution in [1.82, 2.24) is 4.57 Å². The summed E-state index contributed by atoms with van der Waals surface area (Å²) in [5, 5.41) is 0. The van der Waals surface area contributed by atoms with Crippen molar-refractivity contribution in [2.75, 3.05) is 0 Å². The van der Waals surface area contributed by atoms with E-state index in [4.69, 9.17) is 0 Å². The highest BCUT2D eigenvalue weighted by atomic mass is 28.3. The maximum absolute atomic E-state index is 3.01. The minimum Gasteiger partial charge on any atom is -0.321 e. The molecule has 0 spiro atoms. The zero-order valence-electron chi connectivity index (χ0n) is 10.5. The van der Waals surface area contributed by atoms with Crippen LogP contribution in [0.1, 0.15) is 58.8 Å². The van der Waals surface area contributed by atoms with Crippen LogP contribution in [0.25, 0.3) is 0 Å². The summed E-state index contributed by atoms with van der Waals surface area (Å²) >= 11 is 0. The first-order chi connectivity index (χ1) is 7.29. The fourth-order valence-electron chi connectivity index (χ4n) is 3.72. The monoisotopic (exact) mass is 225 g/mol. The van der Waals surface area contributed by atoms with Crippen molar-refractivity contribution >= 4 is 8.96 Å². The molecule has 88 valence electrons. The van der Waals surface area contributed by atoms with Gasteiger partial charge in [0.05, 0.1) is 0 Å². The molecule has 1 saturated heterocycles. The molecule has 1 heterocycles. The van der Waals surface area contributed by atoms with Gasteiger partial charge in [0.15, 0.2) is 0 Å². The van der Waals surface area contributed by atoms with Gasteiger partial charge in [0.1, 0.15) is 8.96 Å². The Kier molecular flexibility index (Phi) is 4.27. The van der Waals surface area contributed by atoms with Crippen LogP contribution >= 0.6 is 0 Å². The molecule has 0 bridgehead atoms. The van der Waals surface area contributed by atoms with E-state index in [-0.39, 0.29) is 0 Å². The molecule has 0 aromatic carbocycles. The Morgan fingerprint density at radius 2 is 1.53 bits per heavy atom. The summed E-state index contributed by atoms with van der Waals surface area (Å²) in [6.45, 7) is 4.86. The third-order valence-corrected chi connectivity index (χ3v) is 8.35. The van der Waals surface area contributed by atoms with E-state index in [0.717, 1.165) is 12.1 Å². The highest BCUT2D eigenvalue weighted by molar-refractivity contribution is 6.56. The molecule has 0 amide bonds. The molecule has 0 atom stereocenters. The van der Waals surface area contributed by atoms with Crippen LogP contribution in [-0.2, 0) is 0 Å². The van der Waals surface area contributed by atoms with E-state index >= 15 is 0 Å². The second-order valence-corrected chi connectivity index (χ2v) is 8.83. The molecule has 0 radical (unpaired) electrons. The SMILES string of the molecule is CC(C)N(C1CCCCC1)[SiH]1CCCC1. The second kappa shape index (κ2) is 5.49. The van der Waals surface area contributed by atoms with Crippen LogP contribution in [0, 0.1) is 0 Å². The van der Waals surface area contributed by atoms with E-state index in [2.05, 4.69) is 18.4 Å². The Labute approximate surface area is 96.9 Å². The summed E-state index contributed by atoms with van der Waals surface area (Å²) < 4.78 is 3.01. The molecule has 0 aromatic heterocycles. The van der Waals surface area contributed by atoms with Crippen molar-refractivity contribution in [2.45, 2.75) is 83.0 Å². The lowest BCUT2D eigenvalue weighted by Gasteiger charge is -2.41. The maximum Gasteiger partial charge on any atom is 0.112 e. The van der Waals surface area contributed by atoms with Crippen molar-refractivity contribution in [3.8, 4) is 0 Å². The zero-order valence-corrected chi connectivity index (χ0v) is 11.7. The van der Waals surface area contributed by atoms with Gasteiger partial charge in [-0.3, -0.25) is 0 Å². The largest absolute Gasteiger partial charge is 0.321 e. The van der Waals surface area contributed by atoms with Gasteiger partial charge in [-0.15, -0.1) is 0 Å². The lowest BCUT2D eigenvalue weighted by Crippen LogP contribution is -2.49. The average Bonchev–Trinajstić information content (AvgIpc) is 2.72. The number of hydrogen-bond donors (Lipinski definition) is 0. The Morgan fingerprint density at radius 1 is 0.933 bits per heavy atom. The van der Waals surface area contributed by atoms with E-state index in [0.29, 0.717) is 0 Å². The van der Waals surface area contributed by atoms with Gasteiger partial charge in [-0.1, -0.05) is 46.0 Å². The third-order valence-electron chi connectivity index (χ3n) is 4.34.